The van der Waals surface area contributed by atoms with Crippen molar-refractivity contribution in [3.05, 3.63) is 0 Å². The third-order valence-electron chi connectivity index (χ3n) is 2.43. The number of aliphatic hydroxyl groups excluding tert-OH is 1. The Bertz CT molecular complexity index is 135. The van der Waals surface area contributed by atoms with E-state index in [1.54, 1.807) is 7.11 Å². The summed E-state index contributed by atoms with van der Waals surface area (Å²) in [5.41, 5.74) is -0.0305. The fourth-order valence-electron chi connectivity index (χ4n) is 1.14. The fourth-order valence-corrected chi connectivity index (χ4v) is 1.14. The van der Waals surface area contributed by atoms with Gasteiger partial charge in [0.15, 0.2) is 0 Å². The highest BCUT2D eigenvalue weighted by atomic mass is 16.5. The molecule has 0 aliphatic heterocycles. The number of hydrogen-bond donors (Lipinski definition) is 2. The Kier molecular flexibility index (Phi) is 7.15. The van der Waals surface area contributed by atoms with Crippen molar-refractivity contribution in [1.82, 2.24) is 5.32 Å². The standard InChI is InChI=1S/C11H25NO2/c1-10(13)6-5-8-12-9-7-11(2,3)14-4/h10,12-13H,5-9H2,1-4H3. The maximum absolute atomic E-state index is 9.03. The Balaban J connectivity index is 3.21. The van der Waals surface area contributed by atoms with E-state index in [9.17, 15) is 0 Å². The molecule has 0 spiro atoms. The second-order valence-corrected chi connectivity index (χ2v) is 4.46. The van der Waals surface area contributed by atoms with E-state index in [-0.39, 0.29) is 11.7 Å². The molecule has 0 heterocycles. The maximum Gasteiger partial charge on any atom is 0.0634 e. The van der Waals surface area contributed by atoms with Crippen LogP contribution in [0.5, 0.6) is 0 Å². The van der Waals surface area contributed by atoms with Crippen LogP contribution < -0.4 is 5.32 Å². The Morgan fingerprint density at radius 3 is 2.50 bits per heavy atom. The van der Waals surface area contributed by atoms with Gasteiger partial charge in [0.1, 0.15) is 0 Å². The van der Waals surface area contributed by atoms with E-state index in [4.69, 9.17) is 9.84 Å². The second-order valence-electron chi connectivity index (χ2n) is 4.46. The van der Waals surface area contributed by atoms with Gasteiger partial charge in [-0.1, -0.05) is 0 Å². The Hall–Kier alpha value is -0.120. The minimum Gasteiger partial charge on any atom is -0.393 e. The zero-order valence-corrected chi connectivity index (χ0v) is 9.97. The van der Waals surface area contributed by atoms with Crippen molar-refractivity contribution in [3.8, 4) is 0 Å². The number of hydrogen-bond acceptors (Lipinski definition) is 3. The average Bonchev–Trinajstić information content (AvgIpc) is 2.10. The van der Waals surface area contributed by atoms with Crippen molar-refractivity contribution in [1.29, 1.82) is 0 Å². The first kappa shape index (κ1) is 13.9. The third kappa shape index (κ3) is 8.48. The first-order valence-electron chi connectivity index (χ1n) is 5.42. The minimum atomic E-state index is -0.174. The average molecular weight is 203 g/mol. The van der Waals surface area contributed by atoms with E-state index < -0.39 is 0 Å². The summed E-state index contributed by atoms with van der Waals surface area (Å²) < 4.78 is 5.30. The largest absolute Gasteiger partial charge is 0.393 e. The summed E-state index contributed by atoms with van der Waals surface area (Å²) in [4.78, 5) is 0. The quantitative estimate of drug-likeness (QED) is 0.588. The summed E-state index contributed by atoms with van der Waals surface area (Å²) in [6.45, 7) is 7.95. The van der Waals surface area contributed by atoms with Gasteiger partial charge in [0.05, 0.1) is 11.7 Å². The van der Waals surface area contributed by atoms with E-state index >= 15 is 0 Å². The highest BCUT2D eigenvalue weighted by Gasteiger charge is 2.14. The molecule has 0 saturated carbocycles. The second kappa shape index (κ2) is 7.21. The minimum absolute atomic E-state index is 0.0305. The maximum atomic E-state index is 9.03. The van der Waals surface area contributed by atoms with Gasteiger partial charge in [-0.2, -0.15) is 0 Å². The lowest BCUT2D eigenvalue weighted by molar-refractivity contribution is 0.0158. The van der Waals surface area contributed by atoms with Gasteiger partial charge >= 0.3 is 0 Å². The zero-order chi connectivity index (χ0) is 11.0. The highest BCUT2D eigenvalue weighted by Crippen LogP contribution is 2.11. The van der Waals surface area contributed by atoms with Gasteiger partial charge in [0.2, 0.25) is 0 Å². The predicted molar refractivity (Wildman–Crippen MR) is 59.5 cm³/mol. The molecule has 0 aliphatic carbocycles. The van der Waals surface area contributed by atoms with Crippen LogP contribution in [0.3, 0.4) is 0 Å². The topological polar surface area (TPSA) is 41.5 Å². The van der Waals surface area contributed by atoms with Crippen LogP contribution in [0, 0.1) is 0 Å². The molecule has 0 radical (unpaired) electrons. The molecule has 1 atom stereocenters. The molecule has 0 aliphatic rings. The lowest BCUT2D eigenvalue weighted by atomic mass is 10.1. The van der Waals surface area contributed by atoms with Crippen molar-refractivity contribution in [2.24, 2.45) is 0 Å². The van der Waals surface area contributed by atoms with Gasteiger partial charge in [-0.25, -0.2) is 0 Å². The molecule has 2 N–H and O–H groups in total. The van der Waals surface area contributed by atoms with Crippen LogP contribution in [0.4, 0.5) is 0 Å². The van der Waals surface area contributed by atoms with Crippen LogP contribution in [-0.4, -0.2) is 37.0 Å². The summed E-state index contributed by atoms with van der Waals surface area (Å²) in [5.74, 6) is 0. The SMILES string of the molecule is COC(C)(C)CCNCCCC(C)O. The number of nitrogens with one attached hydrogen (secondary N) is 1. The van der Waals surface area contributed by atoms with E-state index in [0.29, 0.717) is 0 Å². The lowest BCUT2D eigenvalue weighted by Crippen LogP contribution is -2.29. The monoisotopic (exact) mass is 203 g/mol. The van der Waals surface area contributed by atoms with Crippen LogP contribution in [0.25, 0.3) is 0 Å². The third-order valence-corrected chi connectivity index (χ3v) is 2.43. The van der Waals surface area contributed by atoms with E-state index in [1.807, 2.05) is 6.92 Å². The molecule has 14 heavy (non-hydrogen) atoms. The molecule has 0 rings (SSSR count). The molecular formula is C11H25NO2. The predicted octanol–water partition coefficient (Wildman–Crippen LogP) is 1.55. The molecule has 86 valence electrons. The van der Waals surface area contributed by atoms with Crippen molar-refractivity contribution in [3.63, 3.8) is 0 Å². The van der Waals surface area contributed by atoms with Gasteiger partial charge in [-0.3, -0.25) is 0 Å². The van der Waals surface area contributed by atoms with Gasteiger partial charge < -0.3 is 15.2 Å². The van der Waals surface area contributed by atoms with Crippen LogP contribution in [0.2, 0.25) is 0 Å². The normalized spacial score (nSPS) is 14.4. The first-order chi connectivity index (χ1) is 6.48. The van der Waals surface area contributed by atoms with Crippen molar-refractivity contribution < 1.29 is 9.84 Å². The summed E-state index contributed by atoms with van der Waals surface area (Å²) in [6, 6.07) is 0. The summed E-state index contributed by atoms with van der Waals surface area (Å²) >= 11 is 0. The smallest absolute Gasteiger partial charge is 0.0634 e. The summed E-state index contributed by atoms with van der Waals surface area (Å²) in [6.07, 6.45) is 2.75. The molecule has 0 saturated heterocycles. The Morgan fingerprint density at radius 2 is 2.00 bits per heavy atom. The van der Waals surface area contributed by atoms with Gasteiger partial charge in [-0.15, -0.1) is 0 Å². The molecular weight excluding hydrogens is 178 g/mol. The fraction of sp³-hybridized carbons (Fsp3) is 1.00. The highest BCUT2D eigenvalue weighted by molar-refractivity contribution is 4.68. The van der Waals surface area contributed by atoms with Crippen molar-refractivity contribution in [2.45, 2.75) is 51.7 Å². The van der Waals surface area contributed by atoms with Gasteiger partial charge in [0.25, 0.3) is 0 Å². The van der Waals surface area contributed by atoms with E-state index in [1.165, 1.54) is 0 Å². The van der Waals surface area contributed by atoms with Crippen LogP contribution in [0.15, 0.2) is 0 Å². The molecule has 0 aromatic heterocycles. The van der Waals surface area contributed by atoms with Gasteiger partial charge in [0, 0.05) is 7.11 Å². The molecule has 1 unspecified atom stereocenters. The number of methoxy groups -OCH3 is 1. The van der Waals surface area contributed by atoms with Crippen LogP contribution >= 0.6 is 0 Å². The van der Waals surface area contributed by atoms with Crippen LogP contribution in [0.1, 0.15) is 40.0 Å². The molecule has 0 amide bonds. The molecule has 0 bridgehead atoms. The summed E-state index contributed by atoms with van der Waals surface area (Å²) in [7, 11) is 1.74. The summed E-state index contributed by atoms with van der Waals surface area (Å²) in [5, 5.41) is 12.4. The lowest BCUT2D eigenvalue weighted by Gasteiger charge is -2.22. The molecule has 0 fully saturated rings. The van der Waals surface area contributed by atoms with Crippen molar-refractivity contribution >= 4 is 0 Å². The van der Waals surface area contributed by atoms with Crippen LogP contribution in [-0.2, 0) is 4.74 Å². The Labute approximate surface area is 87.8 Å². The van der Waals surface area contributed by atoms with E-state index in [2.05, 4.69) is 19.2 Å². The molecule has 3 nitrogen and oxygen atoms in total. The number of rotatable bonds is 8. The number of aliphatic hydroxyl groups is 1. The molecule has 0 aromatic carbocycles. The zero-order valence-electron chi connectivity index (χ0n) is 9.97. The number of ether oxygens (including phenoxy) is 1. The van der Waals surface area contributed by atoms with Gasteiger partial charge in [-0.05, 0) is 53.1 Å². The van der Waals surface area contributed by atoms with E-state index in [0.717, 1.165) is 32.4 Å². The Morgan fingerprint density at radius 1 is 1.36 bits per heavy atom. The first-order valence-corrected chi connectivity index (χ1v) is 5.42. The van der Waals surface area contributed by atoms with Crippen molar-refractivity contribution in [2.75, 3.05) is 20.2 Å². The molecule has 0 aromatic rings. The molecule has 3 heteroatoms.